The predicted octanol–water partition coefficient (Wildman–Crippen LogP) is 4.02. The SMILES string of the molecule is O=C(NC1CC1)[C@H](Nc1cccc(Br)c1)c1ccc(F)cc1. The zero-order valence-electron chi connectivity index (χ0n) is 11.9. The number of halogens is 2. The molecule has 1 aliphatic carbocycles. The van der Waals surface area contributed by atoms with Gasteiger partial charge in [0.2, 0.25) is 5.91 Å². The number of benzene rings is 2. The topological polar surface area (TPSA) is 41.1 Å². The van der Waals surface area contributed by atoms with Crippen molar-refractivity contribution in [2.45, 2.75) is 24.9 Å². The van der Waals surface area contributed by atoms with Gasteiger partial charge in [-0.2, -0.15) is 0 Å². The van der Waals surface area contributed by atoms with Crippen molar-refractivity contribution in [1.82, 2.24) is 5.32 Å². The van der Waals surface area contributed by atoms with Crippen LogP contribution in [0.1, 0.15) is 24.4 Å². The van der Waals surface area contributed by atoms with Crippen molar-refractivity contribution >= 4 is 27.5 Å². The molecule has 0 spiro atoms. The van der Waals surface area contributed by atoms with Crippen molar-refractivity contribution in [3.05, 3.63) is 64.4 Å². The van der Waals surface area contributed by atoms with Gasteiger partial charge in [-0.1, -0.05) is 34.1 Å². The van der Waals surface area contributed by atoms with E-state index < -0.39 is 6.04 Å². The van der Waals surface area contributed by atoms with E-state index in [-0.39, 0.29) is 17.8 Å². The minimum Gasteiger partial charge on any atom is -0.370 e. The number of hydrogen-bond donors (Lipinski definition) is 2. The van der Waals surface area contributed by atoms with Crippen LogP contribution < -0.4 is 10.6 Å². The fourth-order valence-electron chi connectivity index (χ4n) is 2.21. The number of rotatable bonds is 5. The van der Waals surface area contributed by atoms with Gasteiger partial charge in [0.05, 0.1) is 0 Å². The molecule has 3 nitrogen and oxygen atoms in total. The van der Waals surface area contributed by atoms with Gasteiger partial charge in [0.15, 0.2) is 0 Å². The van der Waals surface area contributed by atoms with E-state index >= 15 is 0 Å². The van der Waals surface area contributed by atoms with Gasteiger partial charge >= 0.3 is 0 Å². The summed E-state index contributed by atoms with van der Waals surface area (Å²) >= 11 is 3.42. The van der Waals surface area contributed by atoms with Crippen LogP contribution in [-0.2, 0) is 4.79 Å². The highest BCUT2D eigenvalue weighted by atomic mass is 79.9. The number of amides is 1. The van der Waals surface area contributed by atoms with E-state index in [0.29, 0.717) is 0 Å². The minimum atomic E-state index is -0.546. The van der Waals surface area contributed by atoms with E-state index in [9.17, 15) is 9.18 Å². The lowest BCUT2D eigenvalue weighted by Crippen LogP contribution is -2.34. The Bertz CT molecular complexity index is 671. The number of nitrogens with one attached hydrogen (secondary N) is 2. The lowest BCUT2D eigenvalue weighted by atomic mass is 10.1. The normalized spacial score (nSPS) is 15.2. The molecule has 5 heteroatoms. The molecule has 1 atom stereocenters. The monoisotopic (exact) mass is 362 g/mol. The van der Waals surface area contributed by atoms with E-state index in [2.05, 4.69) is 26.6 Å². The maximum absolute atomic E-state index is 13.1. The fraction of sp³-hybridized carbons (Fsp3) is 0.235. The maximum Gasteiger partial charge on any atom is 0.247 e. The highest BCUT2D eigenvalue weighted by molar-refractivity contribution is 9.10. The summed E-state index contributed by atoms with van der Waals surface area (Å²) in [6.45, 7) is 0. The summed E-state index contributed by atoms with van der Waals surface area (Å²) < 4.78 is 14.1. The Morgan fingerprint density at radius 1 is 1.18 bits per heavy atom. The lowest BCUT2D eigenvalue weighted by molar-refractivity contribution is -0.122. The van der Waals surface area contributed by atoms with Crippen LogP contribution in [0.4, 0.5) is 10.1 Å². The maximum atomic E-state index is 13.1. The average Bonchev–Trinajstić information content (AvgIpc) is 3.30. The fourth-order valence-corrected chi connectivity index (χ4v) is 2.61. The lowest BCUT2D eigenvalue weighted by Gasteiger charge is -2.20. The molecule has 0 saturated heterocycles. The van der Waals surface area contributed by atoms with Crippen LogP contribution in [0.25, 0.3) is 0 Å². The number of anilines is 1. The Labute approximate surface area is 137 Å². The van der Waals surface area contributed by atoms with Crippen LogP contribution >= 0.6 is 15.9 Å². The van der Waals surface area contributed by atoms with Crippen LogP contribution in [0, 0.1) is 5.82 Å². The molecule has 2 aromatic carbocycles. The molecule has 2 aromatic rings. The second-order valence-electron chi connectivity index (χ2n) is 5.42. The van der Waals surface area contributed by atoms with E-state index in [4.69, 9.17) is 0 Å². The van der Waals surface area contributed by atoms with Crippen LogP contribution in [0.15, 0.2) is 53.0 Å². The zero-order chi connectivity index (χ0) is 15.5. The summed E-state index contributed by atoms with van der Waals surface area (Å²) in [4.78, 5) is 12.5. The molecule has 1 aliphatic rings. The molecule has 3 rings (SSSR count). The van der Waals surface area contributed by atoms with Crippen molar-refractivity contribution in [3.63, 3.8) is 0 Å². The molecule has 1 fully saturated rings. The first kappa shape index (κ1) is 15.0. The van der Waals surface area contributed by atoms with Gasteiger partial charge in [0.25, 0.3) is 0 Å². The Kier molecular flexibility index (Phi) is 4.43. The summed E-state index contributed by atoms with van der Waals surface area (Å²) in [7, 11) is 0. The van der Waals surface area contributed by atoms with Gasteiger partial charge in [-0.15, -0.1) is 0 Å². The first-order chi connectivity index (χ1) is 10.6. The van der Waals surface area contributed by atoms with Crippen LogP contribution in [-0.4, -0.2) is 11.9 Å². The minimum absolute atomic E-state index is 0.0888. The van der Waals surface area contributed by atoms with Crippen molar-refractivity contribution in [3.8, 4) is 0 Å². The summed E-state index contributed by atoms with van der Waals surface area (Å²) in [5, 5.41) is 6.22. The standard InChI is InChI=1S/C17H16BrFN2O/c18-12-2-1-3-15(10-12)20-16(17(22)21-14-8-9-14)11-4-6-13(19)7-5-11/h1-7,10,14,16,20H,8-9H2,(H,21,22)/t16-/m1/s1. The van der Waals surface area contributed by atoms with Crippen molar-refractivity contribution in [1.29, 1.82) is 0 Å². The molecular formula is C17H16BrFN2O. The van der Waals surface area contributed by atoms with Crippen LogP contribution in [0.2, 0.25) is 0 Å². The van der Waals surface area contributed by atoms with Gasteiger partial charge in [-0.25, -0.2) is 4.39 Å². The van der Waals surface area contributed by atoms with Gasteiger partial charge in [0, 0.05) is 16.2 Å². The Morgan fingerprint density at radius 3 is 2.55 bits per heavy atom. The van der Waals surface area contributed by atoms with Gasteiger partial charge in [0.1, 0.15) is 11.9 Å². The molecule has 0 aliphatic heterocycles. The second-order valence-corrected chi connectivity index (χ2v) is 6.34. The molecule has 1 saturated carbocycles. The van der Waals surface area contributed by atoms with Gasteiger partial charge in [-0.05, 0) is 48.7 Å². The third-order valence-corrected chi connectivity index (χ3v) is 4.02. The zero-order valence-corrected chi connectivity index (χ0v) is 13.4. The first-order valence-corrected chi connectivity index (χ1v) is 7.99. The summed E-state index contributed by atoms with van der Waals surface area (Å²) in [6.07, 6.45) is 2.05. The van der Waals surface area contributed by atoms with Gasteiger partial charge in [-0.3, -0.25) is 4.79 Å². The molecule has 1 amide bonds. The molecule has 0 radical (unpaired) electrons. The molecule has 0 bridgehead atoms. The van der Waals surface area contributed by atoms with Crippen LogP contribution in [0.3, 0.4) is 0 Å². The molecule has 2 N–H and O–H groups in total. The van der Waals surface area contributed by atoms with Crippen molar-refractivity contribution < 1.29 is 9.18 Å². The molecule has 0 aromatic heterocycles. The first-order valence-electron chi connectivity index (χ1n) is 7.20. The number of carbonyl (C=O) groups is 1. The molecule has 114 valence electrons. The second kappa shape index (κ2) is 6.48. The average molecular weight is 363 g/mol. The number of carbonyl (C=O) groups excluding carboxylic acids is 1. The molecule has 22 heavy (non-hydrogen) atoms. The van der Waals surface area contributed by atoms with E-state index in [1.807, 2.05) is 24.3 Å². The number of hydrogen-bond acceptors (Lipinski definition) is 2. The van der Waals surface area contributed by atoms with Crippen molar-refractivity contribution in [2.24, 2.45) is 0 Å². The van der Waals surface area contributed by atoms with Crippen LogP contribution in [0.5, 0.6) is 0 Å². The third kappa shape index (κ3) is 3.85. The Balaban J connectivity index is 1.84. The summed E-state index contributed by atoms with van der Waals surface area (Å²) in [5.74, 6) is -0.401. The Hall–Kier alpha value is -1.88. The quantitative estimate of drug-likeness (QED) is 0.843. The molecule has 0 heterocycles. The highest BCUT2D eigenvalue weighted by Gasteiger charge is 2.28. The van der Waals surface area contributed by atoms with Gasteiger partial charge < -0.3 is 10.6 Å². The van der Waals surface area contributed by atoms with Crippen molar-refractivity contribution in [2.75, 3.05) is 5.32 Å². The van der Waals surface area contributed by atoms with E-state index in [1.165, 1.54) is 12.1 Å². The summed E-state index contributed by atoms with van der Waals surface area (Å²) in [5.41, 5.74) is 1.56. The Morgan fingerprint density at radius 2 is 1.91 bits per heavy atom. The summed E-state index contributed by atoms with van der Waals surface area (Å²) in [6, 6.07) is 13.4. The predicted molar refractivity (Wildman–Crippen MR) is 88.1 cm³/mol. The largest absolute Gasteiger partial charge is 0.370 e. The van der Waals surface area contributed by atoms with E-state index in [0.717, 1.165) is 28.6 Å². The smallest absolute Gasteiger partial charge is 0.247 e. The molecule has 0 unspecified atom stereocenters. The molecular weight excluding hydrogens is 347 g/mol. The highest BCUT2D eigenvalue weighted by Crippen LogP contribution is 2.25. The van der Waals surface area contributed by atoms with E-state index in [1.54, 1.807) is 12.1 Å². The third-order valence-electron chi connectivity index (χ3n) is 3.52.